The predicted octanol–water partition coefficient (Wildman–Crippen LogP) is 3.20. The van der Waals surface area contributed by atoms with Crippen LogP contribution in [0.2, 0.25) is 0 Å². The quantitative estimate of drug-likeness (QED) is 0.675. The van der Waals surface area contributed by atoms with E-state index in [1.54, 1.807) is 18.6 Å². The summed E-state index contributed by atoms with van der Waals surface area (Å²) in [7, 11) is 0. The van der Waals surface area contributed by atoms with Crippen molar-refractivity contribution in [3.8, 4) is 0 Å². The molecule has 73 valence electrons. The molecule has 0 spiro atoms. The standard InChI is InChI=1S/C10H7F3N/c11-10(12,13)8-5-1-3-7-4-2-6-14-9(7)8/h1-6,14H. The number of fused-ring (bicyclic) bond motifs is 1. The summed E-state index contributed by atoms with van der Waals surface area (Å²) in [5.74, 6) is 0. The molecule has 0 fully saturated rings. The highest BCUT2D eigenvalue weighted by Gasteiger charge is 2.34. The fraction of sp³-hybridized carbons (Fsp3) is 0.100. The number of alkyl halides is 3. The highest BCUT2D eigenvalue weighted by Crippen LogP contribution is 2.38. The van der Waals surface area contributed by atoms with E-state index in [-0.39, 0.29) is 5.69 Å². The van der Waals surface area contributed by atoms with Gasteiger partial charge >= 0.3 is 6.18 Å². The van der Waals surface area contributed by atoms with E-state index >= 15 is 0 Å². The Balaban J connectivity index is 2.54. The van der Waals surface area contributed by atoms with Crippen LogP contribution >= 0.6 is 0 Å². The monoisotopic (exact) mass is 198 g/mol. The van der Waals surface area contributed by atoms with Crippen LogP contribution in [0.1, 0.15) is 11.1 Å². The van der Waals surface area contributed by atoms with Gasteiger partial charge in [0.15, 0.2) is 0 Å². The molecule has 2 rings (SSSR count). The molecule has 1 aromatic carbocycles. The summed E-state index contributed by atoms with van der Waals surface area (Å²) in [6, 6.07) is 4.11. The van der Waals surface area contributed by atoms with Gasteiger partial charge in [-0.3, -0.25) is 0 Å². The Bertz CT molecular complexity index is 379. The molecule has 0 bridgehead atoms. The van der Waals surface area contributed by atoms with E-state index in [2.05, 4.69) is 5.32 Å². The molecule has 0 aliphatic carbocycles. The maximum absolute atomic E-state index is 12.5. The Labute approximate surface area is 79.2 Å². The topological polar surface area (TPSA) is 12.0 Å². The summed E-state index contributed by atoms with van der Waals surface area (Å²) in [6.07, 6.45) is 0.485. The smallest absolute Gasteiger partial charge is 0.361 e. The van der Waals surface area contributed by atoms with E-state index < -0.39 is 11.7 Å². The van der Waals surface area contributed by atoms with Crippen LogP contribution in [0.15, 0.2) is 30.5 Å². The van der Waals surface area contributed by atoms with Crippen LogP contribution in [-0.2, 0) is 6.18 Å². The number of nitrogens with one attached hydrogen (secondary N) is 1. The minimum Gasteiger partial charge on any atom is -0.361 e. The second-order valence-electron chi connectivity index (χ2n) is 2.94. The first kappa shape index (κ1) is 9.12. The van der Waals surface area contributed by atoms with Gasteiger partial charge in [0.1, 0.15) is 0 Å². The molecule has 0 aromatic heterocycles. The number of hydrogen-bond acceptors (Lipinski definition) is 1. The molecule has 1 nitrogen and oxygen atoms in total. The molecule has 14 heavy (non-hydrogen) atoms. The lowest BCUT2D eigenvalue weighted by Gasteiger charge is -2.18. The fourth-order valence-corrected chi connectivity index (χ4v) is 1.39. The maximum atomic E-state index is 12.5. The number of hydrogen-bond donors (Lipinski definition) is 1. The van der Waals surface area contributed by atoms with Crippen molar-refractivity contribution in [3.63, 3.8) is 0 Å². The van der Waals surface area contributed by atoms with Crippen molar-refractivity contribution in [2.24, 2.45) is 0 Å². The van der Waals surface area contributed by atoms with Crippen LogP contribution in [0, 0.1) is 6.42 Å². The van der Waals surface area contributed by atoms with E-state index in [4.69, 9.17) is 0 Å². The average molecular weight is 198 g/mol. The van der Waals surface area contributed by atoms with E-state index in [0.717, 1.165) is 6.07 Å². The van der Waals surface area contributed by atoms with E-state index in [1.165, 1.54) is 12.3 Å². The summed E-state index contributed by atoms with van der Waals surface area (Å²) in [5.41, 5.74) is 0.0559. The lowest BCUT2D eigenvalue weighted by Crippen LogP contribution is -2.11. The molecule has 1 aromatic rings. The van der Waals surface area contributed by atoms with Crippen LogP contribution in [0.25, 0.3) is 0 Å². The van der Waals surface area contributed by atoms with Crippen molar-refractivity contribution < 1.29 is 13.2 Å². The number of halogens is 3. The SMILES string of the molecule is FC(F)(F)c1cccc2c1NC=C[CH]2. The van der Waals surface area contributed by atoms with Crippen LogP contribution in [0.4, 0.5) is 18.9 Å². The Kier molecular flexibility index (Phi) is 1.98. The molecule has 0 amide bonds. The molecule has 0 unspecified atom stereocenters. The van der Waals surface area contributed by atoms with Gasteiger partial charge in [-0.2, -0.15) is 13.2 Å². The second-order valence-corrected chi connectivity index (χ2v) is 2.94. The Morgan fingerprint density at radius 2 is 1.93 bits per heavy atom. The highest BCUT2D eigenvalue weighted by atomic mass is 19.4. The van der Waals surface area contributed by atoms with Crippen molar-refractivity contribution in [1.82, 2.24) is 0 Å². The van der Waals surface area contributed by atoms with Gasteiger partial charge in [0.25, 0.3) is 0 Å². The Morgan fingerprint density at radius 1 is 1.14 bits per heavy atom. The minimum absolute atomic E-state index is 0.127. The van der Waals surface area contributed by atoms with Crippen LogP contribution in [0.3, 0.4) is 0 Å². The van der Waals surface area contributed by atoms with Crippen molar-refractivity contribution in [2.75, 3.05) is 5.32 Å². The van der Waals surface area contributed by atoms with Gasteiger partial charge in [-0.1, -0.05) is 18.2 Å². The first-order valence-corrected chi connectivity index (χ1v) is 4.05. The lowest BCUT2D eigenvalue weighted by molar-refractivity contribution is -0.136. The number of anilines is 1. The number of rotatable bonds is 0. The summed E-state index contributed by atoms with van der Waals surface area (Å²) >= 11 is 0. The largest absolute Gasteiger partial charge is 0.418 e. The van der Waals surface area contributed by atoms with Gasteiger partial charge in [-0.15, -0.1) is 0 Å². The second kappa shape index (κ2) is 3.04. The van der Waals surface area contributed by atoms with Crippen molar-refractivity contribution >= 4 is 5.69 Å². The zero-order valence-electron chi connectivity index (χ0n) is 7.10. The predicted molar refractivity (Wildman–Crippen MR) is 47.6 cm³/mol. The molecular formula is C10H7F3N. The molecule has 0 saturated carbocycles. The van der Waals surface area contributed by atoms with Crippen molar-refractivity contribution in [2.45, 2.75) is 6.18 Å². The number of allylic oxidation sites excluding steroid dienone is 1. The summed E-state index contributed by atoms with van der Waals surface area (Å²) in [4.78, 5) is 0. The third kappa shape index (κ3) is 1.47. The number of benzene rings is 1. The van der Waals surface area contributed by atoms with Crippen LogP contribution < -0.4 is 5.32 Å². The van der Waals surface area contributed by atoms with Gasteiger partial charge < -0.3 is 5.32 Å². The molecule has 0 saturated heterocycles. The van der Waals surface area contributed by atoms with Crippen molar-refractivity contribution in [3.05, 3.63) is 48.0 Å². The van der Waals surface area contributed by atoms with Gasteiger partial charge in [-0.25, -0.2) is 0 Å². The summed E-state index contributed by atoms with van der Waals surface area (Å²) < 4.78 is 37.5. The van der Waals surface area contributed by atoms with E-state index in [9.17, 15) is 13.2 Å². The lowest BCUT2D eigenvalue weighted by atomic mass is 10.0. The van der Waals surface area contributed by atoms with Gasteiger partial charge in [0, 0.05) is 6.42 Å². The van der Waals surface area contributed by atoms with Crippen LogP contribution in [0.5, 0.6) is 0 Å². The summed E-state index contributed by atoms with van der Waals surface area (Å²) in [6.45, 7) is 0. The molecule has 4 heteroatoms. The molecular weight excluding hydrogens is 191 g/mol. The highest BCUT2D eigenvalue weighted by molar-refractivity contribution is 5.65. The van der Waals surface area contributed by atoms with E-state index in [1.807, 2.05) is 0 Å². The Morgan fingerprint density at radius 3 is 2.64 bits per heavy atom. The molecule has 1 heterocycles. The number of para-hydroxylation sites is 1. The first-order valence-electron chi connectivity index (χ1n) is 4.05. The molecule has 0 atom stereocenters. The summed E-state index contributed by atoms with van der Waals surface area (Å²) in [5, 5.41) is 2.61. The van der Waals surface area contributed by atoms with Gasteiger partial charge in [0.05, 0.1) is 11.3 Å². The normalized spacial score (nSPS) is 14.8. The third-order valence-corrected chi connectivity index (χ3v) is 2.00. The zero-order valence-corrected chi connectivity index (χ0v) is 7.10. The molecule has 1 N–H and O–H groups in total. The fourth-order valence-electron chi connectivity index (χ4n) is 1.39. The van der Waals surface area contributed by atoms with Gasteiger partial charge in [-0.05, 0) is 17.8 Å². The van der Waals surface area contributed by atoms with Crippen LogP contribution in [-0.4, -0.2) is 0 Å². The first-order chi connectivity index (χ1) is 6.59. The minimum atomic E-state index is -4.31. The Hall–Kier alpha value is -1.45. The average Bonchev–Trinajstić information content (AvgIpc) is 2.15. The maximum Gasteiger partial charge on any atom is 0.418 e. The van der Waals surface area contributed by atoms with E-state index in [0.29, 0.717) is 5.56 Å². The van der Waals surface area contributed by atoms with Crippen molar-refractivity contribution in [1.29, 1.82) is 0 Å². The third-order valence-electron chi connectivity index (χ3n) is 2.00. The molecule has 1 aliphatic rings. The van der Waals surface area contributed by atoms with Gasteiger partial charge in [0.2, 0.25) is 0 Å². The molecule has 1 aliphatic heterocycles. The zero-order chi connectivity index (χ0) is 10.2. The molecule has 1 radical (unpaired) electrons.